The zero-order valence-electron chi connectivity index (χ0n) is 16.7. The lowest BCUT2D eigenvalue weighted by Crippen LogP contribution is -2.49. The van der Waals surface area contributed by atoms with Crippen molar-refractivity contribution < 1.29 is 0 Å². The molecule has 0 aliphatic carbocycles. The van der Waals surface area contributed by atoms with Crippen LogP contribution in [0.5, 0.6) is 0 Å². The van der Waals surface area contributed by atoms with Crippen molar-refractivity contribution in [2.24, 2.45) is 4.99 Å². The van der Waals surface area contributed by atoms with Gasteiger partial charge in [-0.15, -0.1) is 24.0 Å². The highest BCUT2D eigenvalue weighted by atomic mass is 127. The molecule has 1 saturated heterocycles. The molecule has 2 aromatic heterocycles. The van der Waals surface area contributed by atoms with E-state index in [4.69, 9.17) is 4.98 Å². The molecule has 1 aliphatic heterocycles. The van der Waals surface area contributed by atoms with E-state index >= 15 is 0 Å². The molecule has 1 aliphatic rings. The van der Waals surface area contributed by atoms with Crippen molar-refractivity contribution >= 4 is 35.6 Å². The van der Waals surface area contributed by atoms with Gasteiger partial charge in [0.25, 0.3) is 0 Å². The van der Waals surface area contributed by atoms with Crippen molar-refractivity contribution in [1.29, 1.82) is 0 Å². The number of piperidine rings is 1. The van der Waals surface area contributed by atoms with Crippen molar-refractivity contribution in [3.63, 3.8) is 0 Å². The molecule has 3 rings (SSSR count). The van der Waals surface area contributed by atoms with E-state index in [2.05, 4.69) is 63.3 Å². The van der Waals surface area contributed by atoms with Crippen LogP contribution in [0.2, 0.25) is 0 Å². The molecule has 2 aromatic rings. The minimum absolute atomic E-state index is 0. The molecule has 0 atom stereocenters. The zero-order chi connectivity index (χ0) is 18.4. The minimum atomic E-state index is 0. The van der Waals surface area contributed by atoms with Crippen LogP contribution in [-0.4, -0.2) is 59.5 Å². The van der Waals surface area contributed by atoms with E-state index in [1.54, 1.807) is 0 Å². The predicted octanol–water partition coefficient (Wildman–Crippen LogP) is 2.84. The second-order valence-electron chi connectivity index (χ2n) is 7.16. The average molecular weight is 484 g/mol. The normalized spacial score (nSPS) is 16.3. The van der Waals surface area contributed by atoms with Crippen molar-refractivity contribution in [3.05, 3.63) is 35.8 Å². The third-order valence-corrected chi connectivity index (χ3v) is 5.09. The molecule has 0 saturated carbocycles. The van der Waals surface area contributed by atoms with Crippen LogP contribution >= 0.6 is 24.0 Å². The first-order chi connectivity index (χ1) is 12.7. The number of fused-ring (bicyclic) bond motifs is 1. The summed E-state index contributed by atoms with van der Waals surface area (Å²) in [4.78, 5) is 11.7. The second-order valence-corrected chi connectivity index (χ2v) is 7.16. The van der Waals surface area contributed by atoms with E-state index < -0.39 is 0 Å². The number of halogens is 1. The largest absolute Gasteiger partial charge is 0.356 e. The number of hydrogen-bond acceptors (Lipinski definition) is 3. The van der Waals surface area contributed by atoms with Crippen LogP contribution in [0.25, 0.3) is 5.65 Å². The molecule has 0 amide bonds. The summed E-state index contributed by atoms with van der Waals surface area (Å²) in [6, 6.07) is 4.68. The lowest BCUT2D eigenvalue weighted by molar-refractivity contribution is 0.206. The van der Waals surface area contributed by atoms with Gasteiger partial charge in [-0.05, 0) is 44.4 Å². The van der Waals surface area contributed by atoms with E-state index in [9.17, 15) is 0 Å². The Labute approximate surface area is 179 Å². The molecular weight excluding hydrogens is 451 g/mol. The maximum atomic E-state index is 4.73. The van der Waals surface area contributed by atoms with Crippen molar-refractivity contribution in [1.82, 2.24) is 24.9 Å². The molecule has 3 heterocycles. The van der Waals surface area contributed by atoms with Crippen LogP contribution in [0.4, 0.5) is 0 Å². The fraction of sp³-hybridized carbons (Fsp3) is 0.600. The van der Waals surface area contributed by atoms with Crippen molar-refractivity contribution in [2.75, 3.05) is 33.2 Å². The highest BCUT2D eigenvalue weighted by Gasteiger charge is 2.19. The summed E-state index contributed by atoms with van der Waals surface area (Å²) >= 11 is 0. The number of aryl methyl sites for hydroxylation is 1. The summed E-state index contributed by atoms with van der Waals surface area (Å²) in [5.41, 5.74) is 3.36. The van der Waals surface area contributed by atoms with Gasteiger partial charge in [0.05, 0.1) is 5.69 Å². The van der Waals surface area contributed by atoms with Gasteiger partial charge in [0, 0.05) is 51.5 Å². The molecule has 150 valence electrons. The quantitative estimate of drug-likeness (QED) is 0.376. The summed E-state index contributed by atoms with van der Waals surface area (Å²) in [6.45, 7) is 8.77. The predicted molar refractivity (Wildman–Crippen MR) is 123 cm³/mol. The van der Waals surface area contributed by atoms with E-state index in [1.165, 1.54) is 44.5 Å². The summed E-state index contributed by atoms with van der Waals surface area (Å²) < 4.78 is 2.10. The minimum Gasteiger partial charge on any atom is -0.356 e. The first-order valence-corrected chi connectivity index (χ1v) is 9.82. The van der Waals surface area contributed by atoms with Gasteiger partial charge in [-0.25, -0.2) is 4.98 Å². The van der Waals surface area contributed by atoms with E-state index in [-0.39, 0.29) is 24.0 Å². The first-order valence-electron chi connectivity index (χ1n) is 9.82. The fourth-order valence-corrected chi connectivity index (χ4v) is 3.64. The number of aromatic nitrogens is 2. The Hall–Kier alpha value is -1.35. The van der Waals surface area contributed by atoms with Gasteiger partial charge >= 0.3 is 0 Å². The lowest BCUT2D eigenvalue weighted by Gasteiger charge is -2.32. The number of guanidine groups is 1. The van der Waals surface area contributed by atoms with E-state index in [0.29, 0.717) is 6.04 Å². The molecule has 27 heavy (non-hydrogen) atoms. The Bertz CT molecular complexity index is 733. The molecule has 2 N–H and O–H groups in total. The van der Waals surface area contributed by atoms with Crippen molar-refractivity contribution in [3.8, 4) is 0 Å². The Morgan fingerprint density at radius 3 is 2.78 bits per heavy atom. The molecule has 0 bridgehead atoms. The van der Waals surface area contributed by atoms with Gasteiger partial charge < -0.3 is 19.9 Å². The lowest BCUT2D eigenvalue weighted by atomic mass is 10.1. The molecule has 0 radical (unpaired) electrons. The molecule has 7 heteroatoms. The monoisotopic (exact) mass is 484 g/mol. The van der Waals surface area contributed by atoms with Crippen LogP contribution in [0, 0.1) is 6.92 Å². The maximum Gasteiger partial charge on any atom is 0.191 e. The van der Waals surface area contributed by atoms with Crippen LogP contribution in [0.3, 0.4) is 0 Å². The third-order valence-electron chi connectivity index (χ3n) is 5.09. The Balaban J connectivity index is 0.00000261. The number of nitrogens with one attached hydrogen (secondary N) is 2. The second kappa shape index (κ2) is 10.8. The Morgan fingerprint density at radius 1 is 1.33 bits per heavy atom. The topological polar surface area (TPSA) is 57.0 Å². The van der Waals surface area contributed by atoms with Gasteiger partial charge in [-0.2, -0.15) is 0 Å². The van der Waals surface area contributed by atoms with Gasteiger partial charge in [0.15, 0.2) is 5.96 Å². The summed E-state index contributed by atoms with van der Waals surface area (Å²) in [7, 11) is 1.84. The maximum absolute atomic E-state index is 4.73. The molecule has 0 aromatic carbocycles. The molecular formula is C20H33IN6. The number of nitrogens with zero attached hydrogens (tertiary/aromatic N) is 4. The smallest absolute Gasteiger partial charge is 0.191 e. The third kappa shape index (κ3) is 6.07. The number of aliphatic imine (C=N–C) groups is 1. The van der Waals surface area contributed by atoms with Gasteiger partial charge in [-0.1, -0.05) is 13.0 Å². The Kier molecular flexibility index (Phi) is 8.82. The molecule has 0 unspecified atom stereocenters. The standard InChI is InChI=1S/C20H32N6.HI/c1-4-11-25-13-8-17(9-14-25)24-20(21-3)22-10-7-18-15-26-12-5-6-16(2)19(26)23-18;/h5-6,12,15,17H,4,7-11,13-14H2,1-3H3,(H2,21,22,24);1H. The summed E-state index contributed by atoms with van der Waals surface area (Å²) in [5.74, 6) is 0.902. The van der Waals surface area contributed by atoms with Gasteiger partial charge in [0.2, 0.25) is 0 Å². The number of likely N-dealkylation sites (tertiary alicyclic amines) is 1. The summed E-state index contributed by atoms with van der Waals surface area (Å²) in [5, 5.41) is 7.01. The molecule has 0 spiro atoms. The zero-order valence-corrected chi connectivity index (χ0v) is 19.1. The van der Waals surface area contributed by atoms with E-state index in [1.807, 2.05) is 7.05 Å². The SMILES string of the molecule is CCCN1CCC(NC(=NC)NCCc2cn3cccc(C)c3n2)CC1.I. The number of hydrogen-bond donors (Lipinski definition) is 2. The van der Waals surface area contributed by atoms with E-state index in [0.717, 1.165) is 30.3 Å². The first kappa shape index (κ1) is 21.9. The van der Waals surface area contributed by atoms with Crippen LogP contribution in [-0.2, 0) is 6.42 Å². The number of rotatable bonds is 6. The van der Waals surface area contributed by atoms with Crippen LogP contribution < -0.4 is 10.6 Å². The summed E-state index contributed by atoms with van der Waals surface area (Å²) in [6.07, 6.45) is 8.67. The highest BCUT2D eigenvalue weighted by molar-refractivity contribution is 14.0. The van der Waals surface area contributed by atoms with Gasteiger partial charge in [0.1, 0.15) is 5.65 Å². The number of pyridine rings is 1. The van der Waals surface area contributed by atoms with Gasteiger partial charge in [-0.3, -0.25) is 4.99 Å². The van der Waals surface area contributed by atoms with Crippen LogP contribution in [0.1, 0.15) is 37.4 Å². The van der Waals surface area contributed by atoms with Crippen molar-refractivity contribution in [2.45, 2.75) is 45.6 Å². The van der Waals surface area contributed by atoms with Crippen LogP contribution in [0.15, 0.2) is 29.5 Å². The number of imidazole rings is 1. The average Bonchev–Trinajstić information content (AvgIpc) is 3.07. The Morgan fingerprint density at radius 2 is 2.11 bits per heavy atom. The molecule has 1 fully saturated rings. The molecule has 6 nitrogen and oxygen atoms in total. The fourth-order valence-electron chi connectivity index (χ4n) is 3.64. The highest BCUT2D eigenvalue weighted by Crippen LogP contribution is 2.11.